The highest BCUT2D eigenvalue weighted by Gasteiger charge is 2.30. The minimum Gasteiger partial charge on any atom is -0.490 e. The van der Waals surface area contributed by atoms with Crippen molar-refractivity contribution in [3.8, 4) is 11.4 Å². The lowest BCUT2D eigenvalue weighted by molar-refractivity contribution is 0.0742. The molecule has 0 radical (unpaired) electrons. The number of hydrogen-bond acceptors (Lipinski definition) is 5. The number of fused-ring (bicyclic) bond motifs is 1. The van der Waals surface area contributed by atoms with Gasteiger partial charge in [0.2, 0.25) is 0 Å². The van der Waals surface area contributed by atoms with E-state index in [-0.39, 0.29) is 41.4 Å². The molecule has 7 nitrogen and oxygen atoms in total. The second-order valence-corrected chi connectivity index (χ2v) is 9.77. The summed E-state index contributed by atoms with van der Waals surface area (Å²) in [5.41, 5.74) is 2.00. The summed E-state index contributed by atoms with van der Waals surface area (Å²) in [5.74, 6) is -0.408. The van der Waals surface area contributed by atoms with Gasteiger partial charge < -0.3 is 9.64 Å². The van der Waals surface area contributed by atoms with Crippen molar-refractivity contribution in [1.29, 1.82) is 0 Å². The molecule has 0 bridgehead atoms. The van der Waals surface area contributed by atoms with Crippen molar-refractivity contribution in [2.75, 3.05) is 6.26 Å². The molecular weight excluding hydrogens is 421 g/mol. The van der Waals surface area contributed by atoms with Crippen LogP contribution in [0.25, 0.3) is 5.69 Å². The van der Waals surface area contributed by atoms with Crippen molar-refractivity contribution in [3.63, 3.8) is 0 Å². The molecule has 0 spiro atoms. The van der Waals surface area contributed by atoms with Crippen LogP contribution in [0.4, 0.5) is 4.39 Å². The molecule has 0 saturated heterocycles. The van der Waals surface area contributed by atoms with Gasteiger partial charge in [-0.15, -0.1) is 0 Å². The molecule has 1 aromatic heterocycles. The smallest absolute Gasteiger partial charge is 0.258 e. The minimum atomic E-state index is -3.49. The van der Waals surface area contributed by atoms with Crippen LogP contribution in [0, 0.1) is 5.82 Å². The summed E-state index contributed by atoms with van der Waals surface area (Å²) in [6, 6.07) is 10.6. The normalized spacial score (nSPS) is 13.5. The number of sulfone groups is 1. The Morgan fingerprint density at radius 2 is 1.90 bits per heavy atom. The Labute approximate surface area is 180 Å². The van der Waals surface area contributed by atoms with Gasteiger partial charge in [0.25, 0.3) is 5.91 Å². The number of aromatic nitrogens is 2. The van der Waals surface area contributed by atoms with E-state index >= 15 is 0 Å². The Morgan fingerprint density at radius 1 is 1.16 bits per heavy atom. The van der Waals surface area contributed by atoms with Crippen LogP contribution in [0.15, 0.2) is 53.6 Å². The van der Waals surface area contributed by atoms with Crippen molar-refractivity contribution in [3.05, 3.63) is 71.3 Å². The van der Waals surface area contributed by atoms with Gasteiger partial charge in [0.1, 0.15) is 17.3 Å². The van der Waals surface area contributed by atoms with Crippen LogP contribution in [0.2, 0.25) is 0 Å². The number of carbonyl (C=O) groups is 1. The van der Waals surface area contributed by atoms with Gasteiger partial charge in [0.15, 0.2) is 9.84 Å². The maximum atomic E-state index is 14.1. The molecule has 162 valence electrons. The molecule has 4 rings (SSSR count). The molecule has 2 aromatic carbocycles. The molecule has 9 heteroatoms. The highest BCUT2D eigenvalue weighted by molar-refractivity contribution is 7.90. The van der Waals surface area contributed by atoms with Gasteiger partial charge in [-0.05, 0) is 44.2 Å². The first kappa shape index (κ1) is 21.0. The highest BCUT2D eigenvalue weighted by Crippen LogP contribution is 2.30. The van der Waals surface area contributed by atoms with Crippen molar-refractivity contribution >= 4 is 15.7 Å². The zero-order chi connectivity index (χ0) is 22.3. The fourth-order valence-electron chi connectivity index (χ4n) is 3.49. The second-order valence-electron chi connectivity index (χ2n) is 7.75. The van der Waals surface area contributed by atoms with Gasteiger partial charge in [0, 0.05) is 24.6 Å². The summed E-state index contributed by atoms with van der Waals surface area (Å²) < 4.78 is 45.2. The molecule has 0 unspecified atom stereocenters. The Hall–Kier alpha value is -3.20. The predicted octanol–water partition coefficient (Wildman–Crippen LogP) is 3.36. The Balaban J connectivity index is 1.62. The molecule has 1 aliphatic heterocycles. The standard InChI is InChI=1S/C22H22FN3O4S/c1-14(2)30-21-9-8-16(31(3,28)29)10-17(21)22(27)25-11-15-12-26(24-19(15)13-25)20-7-5-4-6-18(20)23/h4-10,12,14H,11,13H2,1-3H3. The summed E-state index contributed by atoms with van der Waals surface area (Å²) in [6.45, 7) is 4.18. The van der Waals surface area contributed by atoms with E-state index in [2.05, 4.69) is 5.10 Å². The Kier molecular flexibility index (Phi) is 5.30. The SMILES string of the molecule is CC(C)Oc1ccc(S(C)(=O)=O)cc1C(=O)N1Cc2cn(-c3ccccc3F)nc2C1. The Morgan fingerprint density at radius 3 is 2.55 bits per heavy atom. The van der Waals surface area contributed by atoms with E-state index in [1.165, 1.54) is 28.9 Å². The fraction of sp³-hybridized carbons (Fsp3) is 0.273. The first-order valence-electron chi connectivity index (χ1n) is 9.76. The molecule has 0 fully saturated rings. The maximum absolute atomic E-state index is 14.1. The maximum Gasteiger partial charge on any atom is 0.258 e. The van der Waals surface area contributed by atoms with Crippen LogP contribution in [0.1, 0.15) is 35.5 Å². The van der Waals surface area contributed by atoms with Gasteiger partial charge >= 0.3 is 0 Å². The number of benzene rings is 2. The summed E-state index contributed by atoms with van der Waals surface area (Å²) in [4.78, 5) is 14.9. The topological polar surface area (TPSA) is 81.5 Å². The lowest BCUT2D eigenvalue weighted by atomic mass is 10.1. The zero-order valence-corrected chi connectivity index (χ0v) is 18.2. The van der Waals surface area contributed by atoms with Gasteiger partial charge in [-0.3, -0.25) is 4.79 Å². The summed E-state index contributed by atoms with van der Waals surface area (Å²) in [7, 11) is -3.49. The van der Waals surface area contributed by atoms with Gasteiger partial charge in [-0.25, -0.2) is 17.5 Å². The molecule has 2 heterocycles. The molecule has 0 N–H and O–H groups in total. The fourth-order valence-corrected chi connectivity index (χ4v) is 4.14. The molecule has 0 aliphatic carbocycles. The van der Waals surface area contributed by atoms with Crippen LogP contribution in [0.5, 0.6) is 5.75 Å². The molecular formula is C22H22FN3O4S. The summed E-state index contributed by atoms with van der Waals surface area (Å²) in [6.07, 6.45) is 2.62. The highest BCUT2D eigenvalue weighted by atomic mass is 32.2. The Bertz CT molecular complexity index is 1240. The number of hydrogen-bond donors (Lipinski definition) is 0. The zero-order valence-electron chi connectivity index (χ0n) is 17.4. The molecule has 0 atom stereocenters. The second kappa shape index (κ2) is 7.81. The monoisotopic (exact) mass is 443 g/mol. The van der Waals surface area contributed by atoms with Crippen molar-refractivity contribution in [2.45, 2.75) is 37.9 Å². The van der Waals surface area contributed by atoms with Crippen molar-refractivity contribution in [1.82, 2.24) is 14.7 Å². The van der Waals surface area contributed by atoms with Crippen LogP contribution < -0.4 is 4.74 Å². The number of carbonyl (C=O) groups excluding carboxylic acids is 1. The number of para-hydroxylation sites is 1. The number of ether oxygens (including phenoxy) is 1. The minimum absolute atomic E-state index is 0.0497. The molecule has 3 aromatic rings. The predicted molar refractivity (Wildman–Crippen MR) is 112 cm³/mol. The lowest BCUT2D eigenvalue weighted by Crippen LogP contribution is -2.27. The van der Waals surface area contributed by atoms with Gasteiger partial charge in [-0.1, -0.05) is 12.1 Å². The first-order valence-corrected chi connectivity index (χ1v) is 11.6. The van der Waals surface area contributed by atoms with Crippen LogP contribution in [0.3, 0.4) is 0 Å². The molecule has 31 heavy (non-hydrogen) atoms. The van der Waals surface area contributed by atoms with Gasteiger partial charge in [0.05, 0.1) is 28.8 Å². The molecule has 1 amide bonds. The summed E-state index contributed by atoms with van der Waals surface area (Å²) >= 11 is 0. The number of rotatable bonds is 5. The van der Waals surface area contributed by atoms with E-state index in [1.807, 2.05) is 13.8 Å². The van der Waals surface area contributed by atoms with E-state index in [1.54, 1.807) is 29.3 Å². The average Bonchev–Trinajstić information content (AvgIpc) is 3.26. The average molecular weight is 444 g/mol. The summed E-state index contributed by atoms with van der Waals surface area (Å²) in [5, 5.41) is 4.43. The van der Waals surface area contributed by atoms with Crippen LogP contribution in [-0.4, -0.2) is 41.4 Å². The molecule has 0 saturated carbocycles. The first-order chi connectivity index (χ1) is 14.6. The third-order valence-electron chi connectivity index (χ3n) is 4.94. The van der Waals surface area contributed by atoms with E-state index in [0.717, 1.165) is 11.8 Å². The number of nitrogens with zero attached hydrogens (tertiary/aromatic N) is 3. The van der Waals surface area contributed by atoms with E-state index in [4.69, 9.17) is 4.74 Å². The quantitative estimate of drug-likeness (QED) is 0.604. The largest absolute Gasteiger partial charge is 0.490 e. The number of halogens is 1. The number of amides is 1. The van der Waals surface area contributed by atoms with Crippen molar-refractivity contribution < 1.29 is 22.3 Å². The van der Waals surface area contributed by atoms with E-state index in [9.17, 15) is 17.6 Å². The van der Waals surface area contributed by atoms with Gasteiger partial charge in [-0.2, -0.15) is 5.10 Å². The third kappa shape index (κ3) is 4.18. The van der Waals surface area contributed by atoms with E-state index < -0.39 is 9.84 Å². The molecule has 1 aliphatic rings. The lowest BCUT2D eigenvalue weighted by Gasteiger charge is -2.20. The van der Waals surface area contributed by atoms with Crippen LogP contribution in [-0.2, 0) is 22.9 Å². The third-order valence-corrected chi connectivity index (χ3v) is 6.05. The van der Waals surface area contributed by atoms with Crippen LogP contribution >= 0.6 is 0 Å². The van der Waals surface area contributed by atoms with E-state index in [0.29, 0.717) is 17.1 Å². The van der Waals surface area contributed by atoms with Crippen molar-refractivity contribution in [2.24, 2.45) is 0 Å².